The minimum atomic E-state index is -4.37. The molecular formula is C19H18F3NOS. The molecule has 6 heteroatoms. The summed E-state index contributed by atoms with van der Waals surface area (Å²) < 4.78 is 38.7. The van der Waals surface area contributed by atoms with Crippen LogP contribution in [0.2, 0.25) is 0 Å². The Balaban J connectivity index is 1.88. The van der Waals surface area contributed by atoms with Crippen LogP contribution < -0.4 is 4.90 Å². The van der Waals surface area contributed by atoms with E-state index >= 15 is 0 Å². The number of hydrogen-bond acceptors (Lipinski definition) is 2. The van der Waals surface area contributed by atoms with E-state index < -0.39 is 11.7 Å². The van der Waals surface area contributed by atoms with Crippen LogP contribution in [0.1, 0.15) is 33.5 Å². The third-order valence-electron chi connectivity index (χ3n) is 4.28. The Bertz CT molecular complexity index is 771. The molecule has 0 atom stereocenters. The quantitative estimate of drug-likeness (QED) is 0.749. The summed E-state index contributed by atoms with van der Waals surface area (Å²) in [5, 5.41) is 0. The molecule has 1 aliphatic rings. The van der Waals surface area contributed by atoms with Crippen LogP contribution in [0.25, 0.3) is 0 Å². The van der Waals surface area contributed by atoms with Gasteiger partial charge in [0.25, 0.3) is 5.91 Å². The Morgan fingerprint density at radius 2 is 1.88 bits per heavy atom. The standard InChI is InChI=1S/C19H18F3NOS/c1-25-12-13-4-6-14(7-5-13)18(24)23-10-2-3-15-11-16(19(20,21)22)8-9-17(15)23/h4-9,11H,2-3,10,12H2,1H3. The van der Waals surface area contributed by atoms with Gasteiger partial charge in [0.15, 0.2) is 0 Å². The highest BCUT2D eigenvalue weighted by atomic mass is 32.2. The molecule has 0 saturated heterocycles. The van der Waals surface area contributed by atoms with E-state index in [1.807, 2.05) is 18.4 Å². The summed E-state index contributed by atoms with van der Waals surface area (Å²) in [6, 6.07) is 11.0. The Kier molecular flexibility index (Phi) is 5.08. The maximum Gasteiger partial charge on any atom is 0.416 e. The predicted molar refractivity (Wildman–Crippen MR) is 95.1 cm³/mol. The highest BCUT2D eigenvalue weighted by Crippen LogP contribution is 2.35. The number of anilines is 1. The molecule has 0 radical (unpaired) electrons. The normalized spacial score (nSPS) is 14.3. The van der Waals surface area contributed by atoms with Crippen molar-refractivity contribution >= 4 is 23.4 Å². The number of hydrogen-bond donors (Lipinski definition) is 0. The van der Waals surface area contributed by atoms with Gasteiger partial charge in [-0.05, 0) is 60.6 Å². The number of rotatable bonds is 3. The molecule has 3 rings (SSSR count). The van der Waals surface area contributed by atoms with Crippen LogP contribution in [0.3, 0.4) is 0 Å². The Morgan fingerprint density at radius 3 is 2.52 bits per heavy atom. The molecule has 0 saturated carbocycles. The number of benzene rings is 2. The second-order valence-electron chi connectivity index (χ2n) is 6.03. The van der Waals surface area contributed by atoms with Gasteiger partial charge in [0.2, 0.25) is 0 Å². The summed E-state index contributed by atoms with van der Waals surface area (Å²) in [4.78, 5) is 14.4. The first kappa shape index (κ1) is 17.9. The van der Waals surface area contributed by atoms with Gasteiger partial charge in [-0.2, -0.15) is 24.9 Å². The van der Waals surface area contributed by atoms with E-state index in [9.17, 15) is 18.0 Å². The molecule has 2 aromatic rings. The first-order valence-corrected chi connectivity index (χ1v) is 9.39. The Labute approximate surface area is 149 Å². The first-order chi connectivity index (χ1) is 11.9. The molecular weight excluding hydrogens is 347 g/mol. The number of carbonyl (C=O) groups is 1. The largest absolute Gasteiger partial charge is 0.416 e. The van der Waals surface area contributed by atoms with Crippen LogP contribution in [0.4, 0.5) is 18.9 Å². The van der Waals surface area contributed by atoms with Crippen LogP contribution in [-0.4, -0.2) is 18.7 Å². The number of aryl methyl sites for hydroxylation is 1. The van der Waals surface area contributed by atoms with Gasteiger partial charge in [-0.1, -0.05) is 12.1 Å². The van der Waals surface area contributed by atoms with Crippen LogP contribution >= 0.6 is 11.8 Å². The van der Waals surface area contributed by atoms with E-state index in [4.69, 9.17) is 0 Å². The van der Waals surface area contributed by atoms with Crippen LogP contribution in [0.5, 0.6) is 0 Å². The van der Waals surface area contributed by atoms with Crippen molar-refractivity contribution in [3.05, 3.63) is 64.7 Å². The molecule has 2 aromatic carbocycles. The molecule has 132 valence electrons. The highest BCUT2D eigenvalue weighted by Gasteiger charge is 2.32. The SMILES string of the molecule is CSCc1ccc(C(=O)N2CCCc3cc(C(F)(F)F)ccc32)cc1. The van der Waals surface area contributed by atoms with Gasteiger partial charge in [-0.25, -0.2) is 0 Å². The zero-order valence-electron chi connectivity index (χ0n) is 13.8. The number of nitrogens with zero attached hydrogens (tertiary/aromatic N) is 1. The lowest BCUT2D eigenvalue weighted by Gasteiger charge is -2.30. The fourth-order valence-corrected chi connectivity index (χ4v) is 3.58. The van der Waals surface area contributed by atoms with Crippen molar-refractivity contribution in [2.45, 2.75) is 24.8 Å². The Morgan fingerprint density at radius 1 is 1.16 bits per heavy atom. The summed E-state index contributed by atoms with van der Waals surface area (Å²) in [7, 11) is 0. The number of thioether (sulfide) groups is 1. The molecule has 1 aliphatic heterocycles. The minimum absolute atomic E-state index is 0.170. The number of carbonyl (C=O) groups excluding carboxylic acids is 1. The summed E-state index contributed by atoms with van der Waals surface area (Å²) in [5.74, 6) is 0.706. The minimum Gasteiger partial charge on any atom is -0.308 e. The summed E-state index contributed by atoms with van der Waals surface area (Å²) in [5.41, 5.74) is 2.18. The monoisotopic (exact) mass is 365 g/mol. The number of fused-ring (bicyclic) bond motifs is 1. The van der Waals surface area contributed by atoms with Crippen molar-refractivity contribution in [3.8, 4) is 0 Å². The van der Waals surface area contributed by atoms with Crippen molar-refractivity contribution in [2.75, 3.05) is 17.7 Å². The second kappa shape index (κ2) is 7.12. The fourth-order valence-electron chi connectivity index (χ4n) is 3.05. The number of halogens is 3. The zero-order valence-corrected chi connectivity index (χ0v) is 14.6. The average Bonchev–Trinajstić information content (AvgIpc) is 2.60. The van der Waals surface area contributed by atoms with Crippen molar-refractivity contribution in [1.29, 1.82) is 0 Å². The molecule has 0 bridgehead atoms. The first-order valence-electron chi connectivity index (χ1n) is 8.00. The highest BCUT2D eigenvalue weighted by molar-refractivity contribution is 7.97. The summed E-state index contributed by atoms with van der Waals surface area (Å²) >= 11 is 1.70. The van der Waals surface area contributed by atoms with Crippen LogP contribution in [0.15, 0.2) is 42.5 Å². The van der Waals surface area contributed by atoms with Crippen LogP contribution in [-0.2, 0) is 18.3 Å². The third kappa shape index (κ3) is 3.84. The van der Waals surface area contributed by atoms with E-state index in [2.05, 4.69) is 0 Å². The summed E-state index contributed by atoms with van der Waals surface area (Å²) in [6.07, 6.45) is -1.15. The lowest BCUT2D eigenvalue weighted by Crippen LogP contribution is -2.35. The van der Waals surface area contributed by atoms with E-state index in [1.165, 1.54) is 6.07 Å². The topological polar surface area (TPSA) is 20.3 Å². The summed E-state index contributed by atoms with van der Waals surface area (Å²) in [6.45, 7) is 0.518. The molecule has 1 amide bonds. The fraction of sp³-hybridized carbons (Fsp3) is 0.316. The van der Waals surface area contributed by atoms with Crippen molar-refractivity contribution < 1.29 is 18.0 Å². The maximum atomic E-state index is 12.9. The Hall–Kier alpha value is -1.95. The van der Waals surface area contributed by atoms with Crippen molar-refractivity contribution in [3.63, 3.8) is 0 Å². The van der Waals surface area contributed by atoms with Crippen LogP contribution in [0, 0.1) is 0 Å². The lowest BCUT2D eigenvalue weighted by atomic mass is 9.98. The van der Waals surface area contributed by atoms with E-state index in [-0.39, 0.29) is 5.91 Å². The molecule has 0 unspecified atom stereocenters. The zero-order chi connectivity index (χ0) is 18.0. The van der Waals surface area contributed by atoms with E-state index in [1.54, 1.807) is 28.8 Å². The number of amides is 1. The van der Waals surface area contributed by atoms with Crippen molar-refractivity contribution in [1.82, 2.24) is 0 Å². The van der Waals surface area contributed by atoms with Gasteiger partial charge >= 0.3 is 6.18 Å². The lowest BCUT2D eigenvalue weighted by molar-refractivity contribution is -0.137. The molecule has 2 nitrogen and oxygen atoms in total. The average molecular weight is 365 g/mol. The van der Waals surface area contributed by atoms with E-state index in [0.717, 1.165) is 23.4 Å². The van der Waals surface area contributed by atoms with Gasteiger partial charge in [0.1, 0.15) is 0 Å². The predicted octanol–water partition coefficient (Wildman–Crippen LogP) is 5.16. The third-order valence-corrected chi connectivity index (χ3v) is 4.90. The van der Waals surface area contributed by atoms with Crippen molar-refractivity contribution in [2.24, 2.45) is 0 Å². The van der Waals surface area contributed by atoms with Gasteiger partial charge in [0, 0.05) is 23.5 Å². The van der Waals surface area contributed by atoms with Gasteiger partial charge in [0.05, 0.1) is 5.56 Å². The van der Waals surface area contributed by atoms with Gasteiger partial charge in [-0.3, -0.25) is 4.79 Å². The molecule has 1 heterocycles. The second-order valence-corrected chi connectivity index (χ2v) is 6.90. The molecule has 0 aromatic heterocycles. The molecule has 0 N–H and O–H groups in total. The molecule has 0 aliphatic carbocycles. The van der Waals surface area contributed by atoms with Gasteiger partial charge in [-0.15, -0.1) is 0 Å². The van der Waals surface area contributed by atoms with E-state index in [0.29, 0.717) is 36.2 Å². The van der Waals surface area contributed by atoms with Gasteiger partial charge < -0.3 is 4.90 Å². The molecule has 0 spiro atoms. The number of alkyl halides is 3. The maximum absolute atomic E-state index is 12.9. The molecule has 0 fully saturated rings. The smallest absolute Gasteiger partial charge is 0.308 e. The molecule has 25 heavy (non-hydrogen) atoms.